The molecular formula is C5H13N3O2. The van der Waals surface area contributed by atoms with Gasteiger partial charge in [0.2, 0.25) is 0 Å². The first kappa shape index (κ1) is 9.19. The van der Waals surface area contributed by atoms with Crippen LogP contribution >= 0.6 is 0 Å². The molecule has 0 aromatic rings. The Morgan fingerprint density at radius 1 is 1.60 bits per heavy atom. The van der Waals surface area contributed by atoms with Crippen molar-refractivity contribution in [3.8, 4) is 0 Å². The van der Waals surface area contributed by atoms with Crippen molar-refractivity contribution in [3.63, 3.8) is 0 Å². The molecule has 10 heavy (non-hydrogen) atoms. The number of rotatable bonds is 2. The summed E-state index contributed by atoms with van der Waals surface area (Å²) in [5, 5.41) is 24.1. The Hall–Kier alpha value is -0.810. The van der Waals surface area contributed by atoms with Gasteiger partial charge in [0, 0.05) is 7.05 Å². The van der Waals surface area contributed by atoms with Crippen molar-refractivity contribution in [2.75, 3.05) is 7.05 Å². The van der Waals surface area contributed by atoms with Crippen molar-refractivity contribution in [1.82, 2.24) is 4.90 Å². The summed E-state index contributed by atoms with van der Waals surface area (Å²) in [4.78, 5) is 1.27. The van der Waals surface area contributed by atoms with Gasteiger partial charge < -0.3 is 20.8 Å². The smallest absolute Gasteiger partial charge is 0.188 e. The molecule has 0 radical (unpaired) electrons. The Morgan fingerprint density at radius 2 is 2.00 bits per heavy atom. The zero-order valence-corrected chi connectivity index (χ0v) is 6.07. The third-order valence-corrected chi connectivity index (χ3v) is 1.42. The van der Waals surface area contributed by atoms with Crippen LogP contribution in [0.1, 0.15) is 6.92 Å². The number of nitrogens with zero attached hydrogens (tertiary/aromatic N) is 1. The topological polar surface area (TPSA) is 93.6 Å². The molecule has 0 aliphatic heterocycles. The molecule has 0 aromatic heterocycles. The molecule has 60 valence electrons. The SMILES string of the molecule is CC(C(O)O)N(C)C(=N)N. The molecule has 0 aliphatic rings. The van der Waals surface area contributed by atoms with Crippen LogP contribution < -0.4 is 5.73 Å². The van der Waals surface area contributed by atoms with Gasteiger partial charge in [0.15, 0.2) is 12.2 Å². The second-order valence-electron chi connectivity index (χ2n) is 2.15. The van der Waals surface area contributed by atoms with E-state index in [-0.39, 0.29) is 5.96 Å². The maximum Gasteiger partial charge on any atom is 0.188 e. The molecule has 5 heteroatoms. The van der Waals surface area contributed by atoms with Crippen molar-refractivity contribution in [2.45, 2.75) is 19.3 Å². The lowest BCUT2D eigenvalue weighted by Gasteiger charge is -2.25. The highest BCUT2D eigenvalue weighted by Gasteiger charge is 2.16. The highest BCUT2D eigenvalue weighted by Crippen LogP contribution is 1.96. The number of guanidine groups is 1. The largest absolute Gasteiger partial charge is 0.370 e. The van der Waals surface area contributed by atoms with E-state index in [9.17, 15) is 0 Å². The van der Waals surface area contributed by atoms with Crippen LogP contribution in [-0.2, 0) is 0 Å². The van der Waals surface area contributed by atoms with Crippen LogP contribution in [0, 0.1) is 5.41 Å². The van der Waals surface area contributed by atoms with Gasteiger partial charge in [-0.05, 0) is 6.92 Å². The van der Waals surface area contributed by atoms with Gasteiger partial charge in [0.25, 0.3) is 0 Å². The standard InChI is InChI=1S/C5H13N3O2/c1-3(4(9)10)8(2)5(6)7/h3-4,9-10H,1-2H3,(H3,6,7). The van der Waals surface area contributed by atoms with Crippen LogP contribution in [0.25, 0.3) is 0 Å². The summed E-state index contributed by atoms with van der Waals surface area (Å²) >= 11 is 0. The van der Waals surface area contributed by atoms with Crippen molar-refractivity contribution in [2.24, 2.45) is 5.73 Å². The van der Waals surface area contributed by atoms with Crippen molar-refractivity contribution < 1.29 is 10.2 Å². The Balaban J connectivity index is 3.94. The number of likely N-dealkylation sites (N-methyl/N-ethyl adjacent to an activating group) is 1. The first-order valence-electron chi connectivity index (χ1n) is 2.89. The quantitative estimate of drug-likeness (QED) is 0.217. The first-order valence-corrected chi connectivity index (χ1v) is 2.89. The maximum absolute atomic E-state index is 8.60. The number of hydrogen-bond donors (Lipinski definition) is 4. The van der Waals surface area contributed by atoms with E-state index in [1.165, 1.54) is 11.9 Å². The van der Waals surface area contributed by atoms with Gasteiger partial charge >= 0.3 is 0 Å². The summed E-state index contributed by atoms with van der Waals surface area (Å²) in [5.74, 6) is -0.180. The van der Waals surface area contributed by atoms with Gasteiger partial charge in [-0.1, -0.05) is 0 Å². The molecular weight excluding hydrogens is 134 g/mol. The van der Waals surface area contributed by atoms with Crippen molar-refractivity contribution in [3.05, 3.63) is 0 Å². The number of nitrogens with one attached hydrogen (secondary N) is 1. The van der Waals surface area contributed by atoms with Gasteiger partial charge in [-0.2, -0.15) is 0 Å². The van der Waals surface area contributed by atoms with Crippen LogP contribution in [0.2, 0.25) is 0 Å². The molecule has 0 saturated carbocycles. The third kappa shape index (κ3) is 2.20. The van der Waals surface area contributed by atoms with Gasteiger partial charge in [-0.15, -0.1) is 0 Å². The highest BCUT2D eigenvalue weighted by atomic mass is 16.5. The minimum absolute atomic E-state index is 0.180. The van der Waals surface area contributed by atoms with E-state index in [1.54, 1.807) is 6.92 Å². The van der Waals surface area contributed by atoms with Gasteiger partial charge in [0.1, 0.15) is 0 Å². The summed E-state index contributed by atoms with van der Waals surface area (Å²) in [6, 6.07) is -0.544. The minimum atomic E-state index is -1.46. The van der Waals surface area contributed by atoms with Gasteiger partial charge in [0.05, 0.1) is 6.04 Å². The lowest BCUT2D eigenvalue weighted by molar-refractivity contribution is -0.0785. The molecule has 5 N–H and O–H groups in total. The lowest BCUT2D eigenvalue weighted by Crippen LogP contribution is -2.45. The molecule has 1 unspecified atom stereocenters. The van der Waals surface area contributed by atoms with Crippen LogP contribution in [0.4, 0.5) is 0 Å². The van der Waals surface area contributed by atoms with Crippen LogP contribution in [0.3, 0.4) is 0 Å². The summed E-state index contributed by atoms with van der Waals surface area (Å²) in [6.07, 6.45) is -1.46. The Labute approximate surface area is 59.6 Å². The predicted molar refractivity (Wildman–Crippen MR) is 37.4 cm³/mol. The summed E-state index contributed by atoms with van der Waals surface area (Å²) in [7, 11) is 1.52. The second-order valence-corrected chi connectivity index (χ2v) is 2.15. The molecule has 0 aromatic carbocycles. The normalized spacial score (nSPS) is 13.3. The maximum atomic E-state index is 8.60. The molecule has 1 atom stereocenters. The number of hydrogen-bond acceptors (Lipinski definition) is 3. The van der Waals surface area contributed by atoms with E-state index in [0.29, 0.717) is 0 Å². The molecule has 0 fully saturated rings. The molecule has 0 rings (SSSR count). The van der Waals surface area contributed by atoms with E-state index in [2.05, 4.69) is 0 Å². The van der Waals surface area contributed by atoms with Crippen LogP contribution in [0.15, 0.2) is 0 Å². The van der Waals surface area contributed by atoms with Crippen LogP contribution in [-0.4, -0.2) is 40.5 Å². The number of aliphatic hydroxyl groups is 2. The fourth-order valence-electron chi connectivity index (χ4n) is 0.419. The van der Waals surface area contributed by atoms with Crippen LogP contribution in [0.5, 0.6) is 0 Å². The van der Waals surface area contributed by atoms with E-state index in [0.717, 1.165) is 0 Å². The zero-order valence-electron chi connectivity index (χ0n) is 6.07. The molecule has 0 heterocycles. The minimum Gasteiger partial charge on any atom is -0.370 e. The number of nitrogens with two attached hydrogens (primary N) is 1. The van der Waals surface area contributed by atoms with E-state index in [4.69, 9.17) is 21.4 Å². The number of aliphatic hydroxyl groups excluding tert-OH is 1. The summed E-state index contributed by atoms with van der Waals surface area (Å²) < 4.78 is 0. The van der Waals surface area contributed by atoms with E-state index in [1.807, 2.05) is 0 Å². The average molecular weight is 147 g/mol. The predicted octanol–water partition coefficient (Wildman–Crippen LogP) is -1.49. The molecule has 0 aliphatic carbocycles. The molecule has 0 amide bonds. The Kier molecular flexibility index (Phi) is 3.11. The summed E-state index contributed by atoms with van der Waals surface area (Å²) in [6.45, 7) is 1.56. The van der Waals surface area contributed by atoms with E-state index < -0.39 is 12.3 Å². The monoisotopic (exact) mass is 147 g/mol. The van der Waals surface area contributed by atoms with Crippen molar-refractivity contribution in [1.29, 1.82) is 5.41 Å². The Bertz CT molecular complexity index is 126. The van der Waals surface area contributed by atoms with E-state index >= 15 is 0 Å². The molecule has 5 nitrogen and oxygen atoms in total. The molecule has 0 saturated heterocycles. The molecule has 0 spiro atoms. The third-order valence-electron chi connectivity index (χ3n) is 1.42. The first-order chi connectivity index (χ1) is 4.46. The van der Waals surface area contributed by atoms with Crippen molar-refractivity contribution >= 4 is 5.96 Å². The van der Waals surface area contributed by atoms with Gasteiger partial charge in [-0.3, -0.25) is 5.41 Å². The fraction of sp³-hybridized carbons (Fsp3) is 0.800. The Morgan fingerprint density at radius 3 is 2.10 bits per heavy atom. The highest BCUT2D eigenvalue weighted by molar-refractivity contribution is 5.74. The molecule has 0 bridgehead atoms. The fourth-order valence-corrected chi connectivity index (χ4v) is 0.419. The second kappa shape index (κ2) is 3.38. The lowest BCUT2D eigenvalue weighted by atomic mass is 10.3. The van der Waals surface area contributed by atoms with Gasteiger partial charge in [-0.25, -0.2) is 0 Å². The average Bonchev–Trinajstić information content (AvgIpc) is 1.84. The zero-order chi connectivity index (χ0) is 8.31. The summed E-state index contributed by atoms with van der Waals surface area (Å²) in [5.41, 5.74) is 5.06.